The van der Waals surface area contributed by atoms with Crippen LogP contribution in [0.25, 0.3) is 0 Å². The molecular formula is C11H13FN4O4. The van der Waals surface area contributed by atoms with E-state index in [0.29, 0.717) is 4.68 Å². The minimum atomic E-state index is -2.73. The summed E-state index contributed by atoms with van der Waals surface area (Å²) >= 11 is 0. The molecule has 4 N–H and O–H groups in total. The van der Waals surface area contributed by atoms with Gasteiger partial charge in [-0.15, -0.1) is 6.42 Å². The van der Waals surface area contributed by atoms with Crippen LogP contribution < -0.4 is 11.4 Å². The van der Waals surface area contributed by atoms with Gasteiger partial charge in [0.05, 0.1) is 12.3 Å². The van der Waals surface area contributed by atoms with E-state index in [1.54, 1.807) is 5.92 Å². The number of rotatable bonds is 2. The second-order valence-corrected chi connectivity index (χ2v) is 4.46. The fraction of sp³-hybridized carbons (Fsp3) is 0.545. The molecule has 0 spiro atoms. The van der Waals surface area contributed by atoms with Crippen molar-refractivity contribution >= 4 is 5.82 Å². The van der Waals surface area contributed by atoms with E-state index in [9.17, 15) is 19.4 Å². The Morgan fingerprint density at radius 1 is 1.75 bits per heavy atom. The summed E-state index contributed by atoms with van der Waals surface area (Å²) in [7, 11) is 0. The number of nitrogens with zero attached hydrogens (tertiary/aromatic N) is 3. The van der Waals surface area contributed by atoms with Gasteiger partial charge in [0.15, 0.2) is 0 Å². The zero-order valence-electron chi connectivity index (χ0n) is 10.5. The van der Waals surface area contributed by atoms with Crippen molar-refractivity contribution in [3.63, 3.8) is 0 Å². The van der Waals surface area contributed by atoms with Crippen molar-refractivity contribution in [2.24, 2.45) is 0 Å². The van der Waals surface area contributed by atoms with Gasteiger partial charge in [0, 0.05) is 0 Å². The molecule has 0 amide bonds. The van der Waals surface area contributed by atoms with Gasteiger partial charge in [0.2, 0.25) is 11.9 Å². The van der Waals surface area contributed by atoms with Crippen molar-refractivity contribution in [1.82, 2.24) is 14.8 Å². The third kappa shape index (κ3) is 2.03. The molecule has 1 fully saturated rings. The van der Waals surface area contributed by atoms with Crippen molar-refractivity contribution in [2.75, 3.05) is 5.73 Å². The largest absolute Gasteiger partial charge is 0.391 e. The molecule has 2 heterocycles. The van der Waals surface area contributed by atoms with E-state index in [0.717, 1.165) is 6.20 Å². The first-order valence-electron chi connectivity index (χ1n) is 5.71. The van der Waals surface area contributed by atoms with Gasteiger partial charge in [-0.1, -0.05) is 5.92 Å². The molecule has 1 aliphatic heterocycles. The van der Waals surface area contributed by atoms with E-state index in [1.807, 2.05) is 0 Å². The quantitative estimate of drug-likeness (QED) is 0.547. The number of aliphatic hydroxyl groups is 2. The molecule has 108 valence electrons. The molecule has 1 aliphatic rings. The molecule has 0 aromatic carbocycles. The summed E-state index contributed by atoms with van der Waals surface area (Å²) in [5.41, 5.74) is 1.57. The lowest BCUT2D eigenvalue weighted by molar-refractivity contribution is -0.0849. The Morgan fingerprint density at radius 3 is 2.90 bits per heavy atom. The van der Waals surface area contributed by atoms with Crippen molar-refractivity contribution in [3.05, 3.63) is 16.7 Å². The average molecular weight is 284 g/mol. The molecule has 1 aromatic rings. The van der Waals surface area contributed by atoms with Crippen molar-refractivity contribution < 1.29 is 19.3 Å². The number of alkyl halides is 1. The van der Waals surface area contributed by atoms with E-state index in [1.165, 1.54) is 6.92 Å². The number of anilines is 1. The van der Waals surface area contributed by atoms with Gasteiger partial charge in [-0.2, -0.15) is 14.8 Å². The van der Waals surface area contributed by atoms with Crippen molar-refractivity contribution in [2.45, 2.75) is 37.1 Å². The first kappa shape index (κ1) is 14.4. The Bertz CT molecular complexity index is 613. The molecule has 1 aromatic heterocycles. The average Bonchev–Trinajstić information content (AvgIpc) is 2.64. The highest BCUT2D eigenvalue weighted by Crippen LogP contribution is 2.41. The Hall–Kier alpha value is -2.02. The van der Waals surface area contributed by atoms with Gasteiger partial charge in [0.25, 0.3) is 0 Å². The van der Waals surface area contributed by atoms with Crippen LogP contribution in [0, 0.1) is 12.3 Å². The number of hydrogen-bond donors (Lipinski definition) is 3. The van der Waals surface area contributed by atoms with E-state index in [4.69, 9.17) is 16.9 Å². The van der Waals surface area contributed by atoms with Crippen LogP contribution in [0.3, 0.4) is 0 Å². The maximum atomic E-state index is 14.7. The number of ether oxygens (including phenoxy) is 1. The molecular weight excluding hydrogens is 271 g/mol. The summed E-state index contributed by atoms with van der Waals surface area (Å²) in [6.45, 7) is 1.30. The summed E-state index contributed by atoms with van der Waals surface area (Å²) in [5.74, 6) is 1.60. The summed E-state index contributed by atoms with van der Waals surface area (Å²) in [4.78, 5) is 15.0. The third-order valence-corrected chi connectivity index (χ3v) is 3.04. The number of nitrogens with two attached hydrogens (primary N) is 1. The van der Waals surface area contributed by atoms with Gasteiger partial charge < -0.3 is 20.7 Å². The lowest BCUT2D eigenvalue weighted by Gasteiger charge is -2.22. The van der Waals surface area contributed by atoms with Gasteiger partial charge in [-0.3, -0.25) is 0 Å². The molecule has 0 radical (unpaired) electrons. The maximum Gasteiger partial charge on any atom is 0.368 e. The summed E-state index contributed by atoms with van der Waals surface area (Å²) in [5, 5.41) is 22.9. The Labute approximate surface area is 113 Å². The first-order chi connectivity index (χ1) is 9.31. The molecule has 0 bridgehead atoms. The molecule has 2 rings (SSSR count). The van der Waals surface area contributed by atoms with Gasteiger partial charge >= 0.3 is 5.69 Å². The zero-order valence-corrected chi connectivity index (χ0v) is 10.5. The second-order valence-electron chi connectivity index (χ2n) is 4.46. The smallest absolute Gasteiger partial charge is 0.368 e. The number of aliphatic hydroxyl groups excluding tert-OH is 2. The Kier molecular flexibility index (Phi) is 3.47. The number of terminal acetylenes is 1. The predicted molar refractivity (Wildman–Crippen MR) is 65.0 cm³/mol. The minimum absolute atomic E-state index is 0.151. The molecule has 8 nitrogen and oxygen atoms in total. The summed E-state index contributed by atoms with van der Waals surface area (Å²) in [6, 6.07) is 0. The summed E-state index contributed by atoms with van der Waals surface area (Å²) in [6.07, 6.45) is 0.0925. The highest BCUT2D eigenvalue weighted by molar-refractivity contribution is 5.22. The normalized spacial score (nSPS) is 34.6. The molecule has 20 heavy (non-hydrogen) atoms. The van der Waals surface area contributed by atoms with Crippen molar-refractivity contribution in [3.8, 4) is 12.3 Å². The molecule has 1 saturated heterocycles. The van der Waals surface area contributed by atoms with Crippen LogP contribution in [0.4, 0.5) is 10.2 Å². The van der Waals surface area contributed by atoms with Gasteiger partial charge in [-0.25, -0.2) is 9.18 Å². The van der Waals surface area contributed by atoms with Crippen LogP contribution in [-0.2, 0) is 4.74 Å². The molecule has 9 heteroatoms. The highest BCUT2D eigenvalue weighted by atomic mass is 19.1. The number of aromatic nitrogens is 3. The van der Waals surface area contributed by atoms with E-state index in [-0.39, 0.29) is 5.82 Å². The lowest BCUT2D eigenvalue weighted by atomic mass is 9.95. The Morgan fingerprint density at radius 2 is 2.40 bits per heavy atom. The molecule has 1 unspecified atom stereocenters. The van der Waals surface area contributed by atoms with Crippen LogP contribution in [0.5, 0.6) is 0 Å². The molecule has 5 atom stereocenters. The fourth-order valence-corrected chi connectivity index (χ4v) is 2.00. The van der Waals surface area contributed by atoms with E-state index in [2.05, 4.69) is 10.1 Å². The molecule has 0 aliphatic carbocycles. The fourth-order valence-electron chi connectivity index (χ4n) is 2.00. The highest BCUT2D eigenvalue weighted by Gasteiger charge is 2.59. The topological polar surface area (TPSA) is 123 Å². The van der Waals surface area contributed by atoms with Crippen LogP contribution in [-0.4, -0.2) is 49.0 Å². The van der Waals surface area contributed by atoms with Crippen LogP contribution in [0.2, 0.25) is 0 Å². The summed E-state index contributed by atoms with van der Waals surface area (Å²) < 4.78 is 20.4. The van der Waals surface area contributed by atoms with Crippen LogP contribution in [0.1, 0.15) is 13.2 Å². The third-order valence-electron chi connectivity index (χ3n) is 3.04. The van der Waals surface area contributed by atoms with Gasteiger partial charge in [-0.05, 0) is 6.92 Å². The Balaban J connectivity index is 2.50. The number of hydrogen-bond acceptors (Lipinski definition) is 7. The van der Waals surface area contributed by atoms with Gasteiger partial charge in [0.1, 0.15) is 18.0 Å². The molecule has 0 saturated carbocycles. The monoisotopic (exact) mass is 284 g/mol. The predicted octanol–water partition coefficient (Wildman–Crippen LogP) is -1.80. The zero-order chi connectivity index (χ0) is 15.1. The van der Waals surface area contributed by atoms with Crippen molar-refractivity contribution in [1.29, 1.82) is 0 Å². The van der Waals surface area contributed by atoms with Crippen LogP contribution in [0.15, 0.2) is 11.0 Å². The number of halogens is 1. The second kappa shape index (κ2) is 4.82. The van der Waals surface area contributed by atoms with E-state index >= 15 is 0 Å². The standard InChI is InChI=1S/C11H13FN4O4/c1-3-11(12)8(18)7(5(2)17)20-9(11)16-10(19)15-6(13)4-14-16/h1,4-5,7-9,17-18H,2H3,(H2,13,15,19)/t5-,7+,8-,9+,11?/m0/s1. The first-order valence-corrected chi connectivity index (χ1v) is 5.71. The van der Waals surface area contributed by atoms with E-state index < -0.39 is 35.9 Å². The number of nitrogen functional groups attached to an aromatic ring is 1. The SMILES string of the molecule is C#CC1(F)[C@@H](O)[C@@H]([C@H](C)O)O[C@H]1n1ncc(N)nc1=O. The minimum Gasteiger partial charge on any atom is -0.391 e. The lowest BCUT2D eigenvalue weighted by Crippen LogP contribution is -2.46. The van der Waals surface area contributed by atoms with Crippen LogP contribution >= 0.6 is 0 Å². The maximum absolute atomic E-state index is 14.7.